The minimum atomic E-state index is -1.78. The molecule has 1 aromatic heterocycles. The Labute approximate surface area is 192 Å². The lowest BCUT2D eigenvalue weighted by molar-refractivity contribution is -0.125. The van der Waals surface area contributed by atoms with E-state index in [2.05, 4.69) is 15.6 Å². The quantitative estimate of drug-likeness (QED) is 0.558. The molecule has 2 aromatic rings. The average molecular weight is 469 g/mol. The molecule has 5 rings (SSSR count). The summed E-state index contributed by atoms with van der Waals surface area (Å²) in [6.07, 6.45) is 0.252. The first-order chi connectivity index (χ1) is 16.1. The summed E-state index contributed by atoms with van der Waals surface area (Å²) in [5.74, 6) is -2.75. The van der Waals surface area contributed by atoms with Gasteiger partial charge in [-0.05, 0) is 11.6 Å². The molecule has 1 aromatic carbocycles. The number of methoxy groups -OCH3 is 1. The summed E-state index contributed by atoms with van der Waals surface area (Å²) in [6.45, 7) is 1.49. The summed E-state index contributed by atoms with van der Waals surface area (Å²) in [6, 6.07) is 3.66. The van der Waals surface area contributed by atoms with Gasteiger partial charge in [-0.1, -0.05) is 13.0 Å². The van der Waals surface area contributed by atoms with Crippen LogP contribution < -0.4 is 21.1 Å². The van der Waals surface area contributed by atoms with E-state index >= 15 is 0 Å². The summed E-state index contributed by atoms with van der Waals surface area (Å²) >= 11 is 0. The zero-order valence-corrected chi connectivity index (χ0v) is 18.2. The molecule has 1 unspecified atom stereocenters. The third-order valence-corrected chi connectivity index (χ3v) is 6.29. The molecule has 34 heavy (non-hydrogen) atoms. The molecule has 4 heterocycles. The number of nitrogens with one attached hydrogen (secondary N) is 2. The van der Waals surface area contributed by atoms with E-state index in [1.54, 1.807) is 13.0 Å². The smallest absolute Gasteiger partial charge is 0.322 e. The van der Waals surface area contributed by atoms with Crippen molar-refractivity contribution in [3.8, 4) is 5.75 Å². The van der Waals surface area contributed by atoms with Gasteiger partial charge in [0.25, 0.3) is 17.7 Å². The summed E-state index contributed by atoms with van der Waals surface area (Å²) in [5.41, 5.74) is 4.34. The molecule has 5 amide bonds. The predicted molar refractivity (Wildman–Crippen MR) is 114 cm³/mol. The number of primary amides is 1. The Bertz CT molecular complexity index is 1320. The lowest BCUT2D eigenvalue weighted by atomic mass is 9.94. The molecule has 3 aliphatic rings. The number of aliphatic imine (C=N–C) groups is 1. The first-order valence-corrected chi connectivity index (χ1v) is 10.4. The number of hydrogen-bond acceptors (Lipinski definition) is 7. The van der Waals surface area contributed by atoms with Gasteiger partial charge in [0.15, 0.2) is 17.1 Å². The number of imide groups is 1. The van der Waals surface area contributed by atoms with E-state index in [0.717, 1.165) is 0 Å². The van der Waals surface area contributed by atoms with Crippen LogP contribution in [0.2, 0.25) is 0 Å². The second-order valence-electron chi connectivity index (χ2n) is 8.48. The van der Waals surface area contributed by atoms with Crippen LogP contribution in [0.1, 0.15) is 46.7 Å². The van der Waals surface area contributed by atoms with Gasteiger partial charge in [-0.15, -0.1) is 0 Å². The number of benzene rings is 1. The van der Waals surface area contributed by atoms with Crippen LogP contribution in [0, 0.1) is 5.82 Å². The third-order valence-electron chi connectivity index (χ3n) is 6.29. The molecule has 1 fully saturated rings. The Morgan fingerprint density at radius 3 is 2.79 bits per heavy atom. The van der Waals surface area contributed by atoms with Crippen LogP contribution >= 0.6 is 0 Å². The highest BCUT2D eigenvalue weighted by Gasteiger charge is 2.53. The molecule has 0 radical (unpaired) electrons. The Balaban J connectivity index is 1.55. The second kappa shape index (κ2) is 7.40. The largest absolute Gasteiger partial charge is 0.494 e. The SMILES string of the molecule is COc1ccc2c(c1F)C(=O)N(C[C@@]1(c3cc4c(o3)C(C)CC(C(N)=O)=N4)NC(=O)NC1=O)C2. The fraction of sp³-hybridized carbons (Fsp3) is 0.318. The molecular formula is C22H20FN5O6. The van der Waals surface area contributed by atoms with Crippen LogP contribution in [0.3, 0.4) is 0 Å². The standard InChI is InChI=1S/C22H20FN5O6/c1-9-5-12(18(24)29)25-11-6-14(34-17(9)11)22(20(31)26-21(32)27-22)8-28-7-10-3-4-13(33-2)16(23)15(10)19(28)30/h3-4,6,9H,5,7-8H2,1-2H3,(H2,24,29)(H2,26,27,31,32)/t9?,22-/m0/s1. The Hall–Kier alpha value is -4.22. The van der Waals surface area contributed by atoms with E-state index in [1.165, 1.54) is 24.1 Å². The summed E-state index contributed by atoms with van der Waals surface area (Å²) < 4.78 is 25.7. The number of ether oxygens (including phenoxy) is 1. The third kappa shape index (κ3) is 3.05. The number of amides is 5. The molecule has 3 aliphatic heterocycles. The number of carbonyl (C=O) groups excluding carboxylic acids is 4. The zero-order chi connectivity index (χ0) is 24.4. The van der Waals surface area contributed by atoms with Gasteiger partial charge in [-0.2, -0.15) is 0 Å². The lowest BCUT2D eigenvalue weighted by Gasteiger charge is -2.29. The molecule has 12 heteroatoms. The molecule has 0 saturated carbocycles. The summed E-state index contributed by atoms with van der Waals surface area (Å²) in [7, 11) is 1.29. The number of urea groups is 1. The van der Waals surface area contributed by atoms with Crippen molar-refractivity contribution in [1.82, 2.24) is 15.5 Å². The first-order valence-electron chi connectivity index (χ1n) is 10.4. The fourth-order valence-electron chi connectivity index (χ4n) is 4.60. The molecule has 176 valence electrons. The van der Waals surface area contributed by atoms with E-state index in [0.29, 0.717) is 17.0 Å². The van der Waals surface area contributed by atoms with E-state index < -0.39 is 35.1 Å². The molecule has 0 bridgehead atoms. The van der Waals surface area contributed by atoms with Crippen molar-refractivity contribution in [2.75, 3.05) is 13.7 Å². The maximum atomic E-state index is 14.8. The highest BCUT2D eigenvalue weighted by Crippen LogP contribution is 2.42. The van der Waals surface area contributed by atoms with Gasteiger partial charge >= 0.3 is 6.03 Å². The van der Waals surface area contributed by atoms with E-state index in [-0.39, 0.29) is 48.2 Å². The zero-order valence-electron chi connectivity index (χ0n) is 18.2. The molecule has 2 atom stereocenters. The average Bonchev–Trinajstić information content (AvgIpc) is 3.43. The van der Waals surface area contributed by atoms with Crippen molar-refractivity contribution < 1.29 is 32.7 Å². The van der Waals surface area contributed by atoms with Crippen LogP contribution in [-0.2, 0) is 21.7 Å². The van der Waals surface area contributed by atoms with Crippen LogP contribution in [-0.4, -0.2) is 48.0 Å². The van der Waals surface area contributed by atoms with Crippen LogP contribution in [0.4, 0.5) is 14.9 Å². The maximum Gasteiger partial charge on any atom is 0.322 e. The van der Waals surface area contributed by atoms with Gasteiger partial charge in [0.1, 0.15) is 22.9 Å². The summed E-state index contributed by atoms with van der Waals surface area (Å²) in [5, 5.41) is 4.73. The number of nitrogens with two attached hydrogens (primary N) is 1. The van der Waals surface area contributed by atoms with E-state index in [9.17, 15) is 23.6 Å². The second-order valence-corrected chi connectivity index (χ2v) is 8.48. The van der Waals surface area contributed by atoms with Gasteiger partial charge < -0.3 is 25.1 Å². The predicted octanol–water partition coefficient (Wildman–Crippen LogP) is 1.18. The normalized spacial score (nSPS) is 23.3. The van der Waals surface area contributed by atoms with Crippen molar-refractivity contribution in [2.24, 2.45) is 10.7 Å². The Morgan fingerprint density at radius 1 is 1.38 bits per heavy atom. The molecule has 0 aliphatic carbocycles. The van der Waals surface area contributed by atoms with Crippen molar-refractivity contribution >= 4 is 35.2 Å². The van der Waals surface area contributed by atoms with E-state index in [4.69, 9.17) is 14.9 Å². The van der Waals surface area contributed by atoms with Gasteiger partial charge in [0.05, 0.1) is 19.2 Å². The number of furan rings is 1. The minimum Gasteiger partial charge on any atom is -0.494 e. The Morgan fingerprint density at radius 2 is 2.15 bits per heavy atom. The molecular weight excluding hydrogens is 449 g/mol. The van der Waals surface area contributed by atoms with Gasteiger partial charge in [-0.25, -0.2) is 14.2 Å². The van der Waals surface area contributed by atoms with Crippen molar-refractivity contribution in [3.05, 3.63) is 46.7 Å². The number of carbonyl (C=O) groups is 4. The van der Waals surface area contributed by atoms with Crippen LogP contribution in [0.5, 0.6) is 5.75 Å². The maximum absolute atomic E-state index is 14.8. The lowest BCUT2D eigenvalue weighted by Crippen LogP contribution is -2.52. The number of halogens is 1. The number of hydrogen-bond donors (Lipinski definition) is 3. The van der Waals surface area contributed by atoms with Crippen LogP contribution in [0.25, 0.3) is 0 Å². The highest BCUT2D eigenvalue weighted by atomic mass is 19.1. The summed E-state index contributed by atoms with van der Waals surface area (Å²) in [4.78, 5) is 55.4. The van der Waals surface area contributed by atoms with E-state index in [1.807, 2.05) is 0 Å². The van der Waals surface area contributed by atoms with Gasteiger partial charge in [0, 0.05) is 24.9 Å². The molecule has 11 nitrogen and oxygen atoms in total. The number of nitrogens with zero attached hydrogens (tertiary/aromatic N) is 2. The number of fused-ring (bicyclic) bond motifs is 2. The monoisotopic (exact) mass is 469 g/mol. The van der Waals surface area contributed by atoms with Gasteiger partial charge in [0.2, 0.25) is 0 Å². The Kier molecular flexibility index (Phi) is 4.71. The topological polar surface area (TPSA) is 156 Å². The fourth-order valence-corrected chi connectivity index (χ4v) is 4.60. The molecule has 0 spiro atoms. The highest BCUT2D eigenvalue weighted by molar-refractivity contribution is 6.39. The first kappa shape index (κ1) is 21.6. The molecule has 1 saturated heterocycles. The van der Waals surface area contributed by atoms with Crippen molar-refractivity contribution in [1.29, 1.82) is 0 Å². The van der Waals surface area contributed by atoms with Gasteiger partial charge in [-0.3, -0.25) is 19.7 Å². The van der Waals surface area contributed by atoms with Crippen LogP contribution in [0.15, 0.2) is 27.6 Å². The minimum absolute atomic E-state index is 0.0147. The van der Waals surface area contributed by atoms with Crippen molar-refractivity contribution in [3.63, 3.8) is 0 Å². The number of rotatable bonds is 5. The van der Waals surface area contributed by atoms with Crippen molar-refractivity contribution in [2.45, 2.75) is 31.3 Å². The molecule has 4 N–H and O–H groups in total.